The lowest BCUT2D eigenvalue weighted by atomic mass is 9.81. The second-order valence-corrected chi connectivity index (χ2v) is 9.24. The highest BCUT2D eigenvalue weighted by molar-refractivity contribution is 6.30. The predicted molar refractivity (Wildman–Crippen MR) is 135 cm³/mol. The van der Waals surface area contributed by atoms with Gasteiger partial charge >= 0.3 is 0 Å². The van der Waals surface area contributed by atoms with E-state index in [1.54, 1.807) is 42.0 Å². The number of carbonyl (C=O) groups is 1. The number of nitrogen functional groups attached to an aromatic ring is 1. The highest BCUT2D eigenvalue weighted by atomic mass is 35.5. The average Bonchev–Trinajstić information content (AvgIpc) is 3.44. The molecule has 5 aromatic rings. The summed E-state index contributed by atoms with van der Waals surface area (Å²) in [6.45, 7) is 1.62. The Morgan fingerprint density at radius 3 is 2.81 bits per heavy atom. The SMILES string of the molecule is C[C@@]1(c2cc(=O)c(Cl)c[nH]2)C(=O)Nc2nc(-c3cn4ccnc4c(Cc4cccc(F)c4)n3)nc(N)c21. The van der Waals surface area contributed by atoms with Gasteiger partial charge in [-0.1, -0.05) is 23.7 Å². The molecule has 1 amide bonds. The monoisotopic (exact) mass is 516 g/mol. The van der Waals surface area contributed by atoms with Gasteiger partial charge in [0, 0.05) is 43.0 Å². The zero-order valence-electron chi connectivity index (χ0n) is 19.3. The molecule has 12 heteroatoms. The Morgan fingerprint density at radius 1 is 1.19 bits per heavy atom. The quantitative estimate of drug-likeness (QED) is 0.333. The van der Waals surface area contributed by atoms with E-state index in [0.717, 1.165) is 5.56 Å². The summed E-state index contributed by atoms with van der Waals surface area (Å²) in [5, 5.41) is 2.75. The van der Waals surface area contributed by atoms with Crippen molar-refractivity contribution in [2.45, 2.75) is 18.8 Å². The third-order valence-corrected chi connectivity index (χ3v) is 6.76. The Morgan fingerprint density at radius 2 is 2.03 bits per heavy atom. The van der Waals surface area contributed by atoms with Gasteiger partial charge in [-0.15, -0.1) is 0 Å². The Kier molecular flexibility index (Phi) is 5.06. The van der Waals surface area contributed by atoms with E-state index in [2.05, 4.69) is 25.3 Å². The second kappa shape index (κ2) is 8.20. The van der Waals surface area contributed by atoms with Gasteiger partial charge in [-0.25, -0.2) is 24.3 Å². The molecule has 4 aromatic heterocycles. The van der Waals surface area contributed by atoms with E-state index in [1.165, 1.54) is 24.4 Å². The van der Waals surface area contributed by atoms with Crippen LogP contribution in [0.15, 0.2) is 59.9 Å². The van der Waals surface area contributed by atoms with Crippen LogP contribution in [0.5, 0.6) is 0 Å². The number of fused-ring (bicyclic) bond motifs is 2. The summed E-state index contributed by atoms with van der Waals surface area (Å²) in [5.41, 5.74) is 7.54. The zero-order chi connectivity index (χ0) is 25.9. The predicted octanol–water partition coefficient (Wildman–Crippen LogP) is 3.10. The number of hydrogen-bond donors (Lipinski definition) is 3. The van der Waals surface area contributed by atoms with Crippen LogP contribution in [0.3, 0.4) is 0 Å². The van der Waals surface area contributed by atoms with Crippen molar-refractivity contribution >= 4 is 34.8 Å². The van der Waals surface area contributed by atoms with Gasteiger partial charge in [-0.3, -0.25) is 9.59 Å². The van der Waals surface area contributed by atoms with Crippen LogP contribution in [-0.4, -0.2) is 35.2 Å². The number of nitrogens with two attached hydrogens (primary N) is 1. The molecule has 0 bridgehead atoms. The minimum Gasteiger partial charge on any atom is -0.383 e. The molecule has 0 radical (unpaired) electrons. The fraction of sp³-hybridized carbons (Fsp3) is 0.120. The number of benzene rings is 1. The first-order chi connectivity index (χ1) is 17.7. The summed E-state index contributed by atoms with van der Waals surface area (Å²) in [5.74, 6) is -0.325. The highest BCUT2D eigenvalue weighted by Gasteiger charge is 2.48. The number of aromatic amines is 1. The van der Waals surface area contributed by atoms with Crippen molar-refractivity contribution in [2.24, 2.45) is 0 Å². The summed E-state index contributed by atoms with van der Waals surface area (Å²) < 4.78 is 15.5. The van der Waals surface area contributed by atoms with Gasteiger partial charge in [0.1, 0.15) is 33.6 Å². The Balaban J connectivity index is 1.47. The van der Waals surface area contributed by atoms with Crippen LogP contribution in [0.4, 0.5) is 16.0 Å². The van der Waals surface area contributed by atoms with E-state index in [1.807, 2.05) is 0 Å². The van der Waals surface area contributed by atoms with Crippen LogP contribution >= 0.6 is 11.6 Å². The van der Waals surface area contributed by atoms with E-state index in [4.69, 9.17) is 22.3 Å². The van der Waals surface area contributed by atoms with Crippen LogP contribution in [0.25, 0.3) is 17.2 Å². The van der Waals surface area contributed by atoms with Crippen molar-refractivity contribution in [3.63, 3.8) is 0 Å². The maximum Gasteiger partial charge on any atom is 0.242 e. The molecule has 0 saturated carbocycles. The Labute approximate surface area is 213 Å². The Hall–Kier alpha value is -4.64. The van der Waals surface area contributed by atoms with Gasteiger partial charge in [0.25, 0.3) is 0 Å². The molecular formula is C25H18ClFN8O2. The fourth-order valence-electron chi connectivity index (χ4n) is 4.59. The van der Waals surface area contributed by atoms with Gasteiger partial charge in [0.05, 0.1) is 11.3 Å². The van der Waals surface area contributed by atoms with Gasteiger partial charge in [0.15, 0.2) is 16.9 Å². The molecule has 4 N–H and O–H groups in total. The zero-order valence-corrected chi connectivity index (χ0v) is 20.0. The van der Waals surface area contributed by atoms with Gasteiger partial charge < -0.3 is 20.4 Å². The first kappa shape index (κ1) is 22.8. The number of halogens is 2. The lowest BCUT2D eigenvalue weighted by Gasteiger charge is -2.22. The van der Waals surface area contributed by atoms with E-state index in [-0.39, 0.29) is 28.3 Å². The topological polar surface area (TPSA) is 144 Å². The van der Waals surface area contributed by atoms with Crippen LogP contribution in [0, 0.1) is 5.82 Å². The number of nitrogens with zero attached hydrogens (tertiary/aromatic N) is 5. The number of carbonyl (C=O) groups excluding carboxylic acids is 1. The van der Waals surface area contributed by atoms with Crippen LogP contribution < -0.4 is 16.5 Å². The Bertz CT molecular complexity index is 1800. The van der Waals surface area contributed by atoms with E-state index in [9.17, 15) is 14.0 Å². The van der Waals surface area contributed by atoms with Gasteiger partial charge in [0.2, 0.25) is 5.91 Å². The summed E-state index contributed by atoms with van der Waals surface area (Å²) in [6, 6.07) is 7.52. The first-order valence-corrected chi connectivity index (χ1v) is 11.6. The molecule has 0 saturated heterocycles. The minimum absolute atomic E-state index is 0.000520. The normalized spacial score (nSPS) is 16.7. The summed E-state index contributed by atoms with van der Waals surface area (Å²) in [7, 11) is 0. The van der Waals surface area contributed by atoms with Crippen molar-refractivity contribution in [2.75, 3.05) is 11.1 Å². The van der Waals surface area contributed by atoms with E-state index in [0.29, 0.717) is 34.7 Å². The summed E-state index contributed by atoms with van der Waals surface area (Å²) in [4.78, 5) is 46.3. The molecule has 184 valence electrons. The maximum absolute atomic E-state index is 13.8. The number of hydrogen-bond acceptors (Lipinski definition) is 7. The number of aromatic nitrogens is 6. The standard InChI is InChI=1S/C25H18ClFN8O2/c1-25(18-9-17(36)14(26)10-30-18)19-20(28)32-21(33-22(19)34-24(25)37)16-11-35-6-5-29-23(35)15(31-16)8-12-3-2-4-13(27)7-12/h2-7,9-11H,8H2,1H3,(H,30,36)(H3,28,32,33,34,37)/t25-/m0/s1. The van der Waals surface area contributed by atoms with Crippen molar-refractivity contribution in [1.82, 2.24) is 29.3 Å². The molecule has 1 aromatic carbocycles. The number of H-pyrrole nitrogens is 1. The van der Waals surface area contributed by atoms with Crippen molar-refractivity contribution in [3.05, 3.63) is 98.7 Å². The molecule has 1 atom stereocenters. The van der Waals surface area contributed by atoms with Crippen LogP contribution in [0.1, 0.15) is 29.4 Å². The number of amides is 1. The molecule has 10 nitrogen and oxygen atoms in total. The van der Waals surface area contributed by atoms with Crippen molar-refractivity contribution in [1.29, 1.82) is 0 Å². The number of pyridine rings is 1. The van der Waals surface area contributed by atoms with Gasteiger partial charge in [-0.2, -0.15) is 0 Å². The minimum atomic E-state index is -1.34. The summed E-state index contributed by atoms with van der Waals surface area (Å²) in [6.07, 6.45) is 6.73. The molecule has 37 heavy (non-hydrogen) atoms. The van der Waals surface area contributed by atoms with Gasteiger partial charge in [-0.05, 0) is 24.6 Å². The number of nitrogens with one attached hydrogen (secondary N) is 2. The van der Waals surface area contributed by atoms with Crippen molar-refractivity contribution < 1.29 is 9.18 Å². The first-order valence-electron chi connectivity index (χ1n) is 11.2. The van der Waals surface area contributed by atoms with E-state index >= 15 is 0 Å². The molecular weight excluding hydrogens is 499 g/mol. The van der Waals surface area contributed by atoms with Crippen LogP contribution in [0.2, 0.25) is 5.02 Å². The largest absolute Gasteiger partial charge is 0.383 e. The number of anilines is 2. The molecule has 5 heterocycles. The molecule has 0 fully saturated rings. The molecule has 6 rings (SSSR count). The molecule has 1 aliphatic heterocycles. The number of rotatable bonds is 4. The van der Waals surface area contributed by atoms with E-state index < -0.39 is 16.8 Å². The molecule has 0 aliphatic carbocycles. The smallest absolute Gasteiger partial charge is 0.242 e. The molecule has 0 unspecified atom stereocenters. The number of imidazole rings is 1. The molecule has 1 aliphatic rings. The van der Waals surface area contributed by atoms with Crippen molar-refractivity contribution in [3.8, 4) is 11.5 Å². The highest BCUT2D eigenvalue weighted by Crippen LogP contribution is 2.44. The van der Waals surface area contributed by atoms with Crippen LogP contribution in [-0.2, 0) is 16.6 Å². The summed E-state index contributed by atoms with van der Waals surface area (Å²) >= 11 is 5.87. The average molecular weight is 517 g/mol. The molecule has 0 spiro atoms. The lowest BCUT2D eigenvalue weighted by Crippen LogP contribution is -2.34. The second-order valence-electron chi connectivity index (χ2n) is 8.83. The lowest BCUT2D eigenvalue weighted by molar-refractivity contribution is -0.119. The third-order valence-electron chi connectivity index (χ3n) is 6.46. The third kappa shape index (κ3) is 3.62. The maximum atomic E-state index is 13.8. The fourth-order valence-corrected chi connectivity index (χ4v) is 4.69.